The number of hydrogen-bond donors (Lipinski definition) is 1. The monoisotopic (exact) mass is 316 g/mol. The molecule has 1 aromatic heterocycles. The van der Waals surface area contributed by atoms with E-state index in [1.54, 1.807) is 6.20 Å². The first kappa shape index (κ1) is 15.9. The number of piperidine rings is 1. The van der Waals surface area contributed by atoms with Gasteiger partial charge in [-0.3, -0.25) is 14.7 Å². The third kappa shape index (κ3) is 2.83. The first-order valence-electron chi connectivity index (χ1n) is 8.29. The summed E-state index contributed by atoms with van der Waals surface area (Å²) in [6.07, 6.45) is 3.05. The van der Waals surface area contributed by atoms with Crippen LogP contribution in [0.4, 0.5) is 4.79 Å². The van der Waals surface area contributed by atoms with Gasteiger partial charge in [0, 0.05) is 12.7 Å². The summed E-state index contributed by atoms with van der Waals surface area (Å²) in [5, 5.41) is 3.29. The highest BCUT2D eigenvalue weighted by atomic mass is 16.2. The maximum atomic E-state index is 13.1. The minimum atomic E-state index is -0.665. The molecule has 2 aliphatic rings. The molecule has 2 saturated heterocycles. The van der Waals surface area contributed by atoms with Gasteiger partial charge in [0.05, 0.1) is 12.2 Å². The fraction of sp³-hybridized carbons (Fsp3) is 0.588. The number of rotatable bonds is 4. The molecule has 6 heteroatoms. The van der Waals surface area contributed by atoms with Gasteiger partial charge in [-0.05, 0) is 44.0 Å². The third-order valence-corrected chi connectivity index (χ3v) is 4.65. The highest BCUT2D eigenvalue weighted by molar-refractivity contribution is 6.07. The van der Waals surface area contributed by atoms with E-state index in [2.05, 4.69) is 24.1 Å². The lowest BCUT2D eigenvalue weighted by Crippen LogP contribution is -2.56. The largest absolute Gasteiger partial charge is 0.328 e. The van der Waals surface area contributed by atoms with E-state index >= 15 is 0 Å². The Morgan fingerprint density at radius 1 is 1.26 bits per heavy atom. The van der Waals surface area contributed by atoms with Gasteiger partial charge in [0.1, 0.15) is 5.54 Å². The minimum Gasteiger partial charge on any atom is -0.317 e. The lowest BCUT2D eigenvalue weighted by Gasteiger charge is -2.39. The average Bonchev–Trinajstić information content (AvgIpc) is 2.73. The van der Waals surface area contributed by atoms with Crippen molar-refractivity contribution in [3.63, 3.8) is 0 Å². The van der Waals surface area contributed by atoms with Gasteiger partial charge in [0.25, 0.3) is 5.91 Å². The Morgan fingerprint density at radius 3 is 2.61 bits per heavy atom. The van der Waals surface area contributed by atoms with Crippen LogP contribution in [0.1, 0.15) is 32.4 Å². The van der Waals surface area contributed by atoms with Gasteiger partial charge in [-0.1, -0.05) is 19.9 Å². The molecule has 2 aliphatic heterocycles. The number of carbonyl (C=O) groups excluding carboxylic acids is 2. The standard InChI is InChI=1S/C17H24N4O2/c1-13(2)11-21-16(23)20(12-14-5-3-4-8-19-14)15(22)17(21)6-9-18-10-7-17/h3-5,8,13,18H,6-7,9-12H2,1-2H3. The molecule has 0 atom stereocenters. The van der Waals surface area contributed by atoms with Crippen molar-refractivity contribution in [3.05, 3.63) is 30.1 Å². The average molecular weight is 316 g/mol. The minimum absolute atomic E-state index is 0.0599. The van der Waals surface area contributed by atoms with E-state index in [0.717, 1.165) is 18.8 Å². The van der Waals surface area contributed by atoms with Crippen LogP contribution in [0, 0.1) is 5.92 Å². The first-order valence-corrected chi connectivity index (χ1v) is 8.29. The summed E-state index contributed by atoms with van der Waals surface area (Å²) in [5.41, 5.74) is 0.0752. The second-order valence-corrected chi connectivity index (χ2v) is 6.78. The van der Waals surface area contributed by atoms with E-state index in [9.17, 15) is 9.59 Å². The molecule has 3 rings (SSSR count). The quantitative estimate of drug-likeness (QED) is 0.857. The Hall–Kier alpha value is -1.95. The maximum Gasteiger partial charge on any atom is 0.328 e. The van der Waals surface area contributed by atoms with E-state index in [0.29, 0.717) is 25.3 Å². The van der Waals surface area contributed by atoms with Crippen LogP contribution in [0.2, 0.25) is 0 Å². The van der Waals surface area contributed by atoms with Gasteiger partial charge in [-0.15, -0.1) is 0 Å². The topological polar surface area (TPSA) is 65.5 Å². The molecular formula is C17H24N4O2. The summed E-state index contributed by atoms with van der Waals surface area (Å²) in [6.45, 7) is 6.56. The zero-order valence-corrected chi connectivity index (χ0v) is 13.8. The van der Waals surface area contributed by atoms with Crippen LogP contribution >= 0.6 is 0 Å². The van der Waals surface area contributed by atoms with Crippen molar-refractivity contribution in [1.29, 1.82) is 0 Å². The fourth-order valence-corrected chi connectivity index (χ4v) is 3.52. The van der Waals surface area contributed by atoms with E-state index in [1.165, 1.54) is 4.90 Å². The van der Waals surface area contributed by atoms with Gasteiger partial charge >= 0.3 is 6.03 Å². The van der Waals surface area contributed by atoms with Crippen molar-refractivity contribution < 1.29 is 9.59 Å². The van der Waals surface area contributed by atoms with Crippen LogP contribution in [0.15, 0.2) is 24.4 Å². The predicted octanol–water partition coefficient (Wildman–Crippen LogP) is 1.62. The summed E-state index contributed by atoms with van der Waals surface area (Å²) >= 11 is 0. The molecule has 0 aliphatic carbocycles. The number of imide groups is 1. The zero-order valence-electron chi connectivity index (χ0n) is 13.8. The molecule has 1 spiro atoms. The number of urea groups is 1. The second-order valence-electron chi connectivity index (χ2n) is 6.78. The molecule has 3 amide bonds. The third-order valence-electron chi connectivity index (χ3n) is 4.65. The molecule has 1 aromatic rings. The lowest BCUT2D eigenvalue weighted by molar-refractivity contribution is -0.135. The molecule has 124 valence electrons. The smallest absolute Gasteiger partial charge is 0.317 e. The van der Waals surface area contributed by atoms with Crippen molar-refractivity contribution in [2.24, 2.45) is 5.92 Å². The van der Waals surface area contributed by atoms with E-state index in [1.807, 2.05) is 23.1 Å². The molecule has 1 N–H and O–H groups in total. The van der Waals surface area contributed by atoms with Crippen LogP contribution in [-0.2, 0) is 11.3 Å². The van der Waals surface area contributed by atoms with Crippen LogP contribution in [0.3, 0.4) is 0 Å². The second kappa shape index (κ2) is 6.28. The van der Waals surface area contributed by atoms with Crippen LogP contribution in [0.5, 0.6) is 0 Å². The molecule has 6 nitrogen and oxygen atoms in total. The summed E-state index contributed by atoms with van der Waals surface area (Å²) in [6, 6.07) is 5.38. The molecule has 2 fully saturated rings. The van der Waals surface area contributed by atoms with Crippen molar-refractivity contribution in [2.45, 2.75) is 38.8 Å². The molecule has 0 saturated carbocycles. The predicted molar refractivity (Wildman–Crippen MR) is 86.6 cm³/mol. The first-order chi connectivity index (χ1) is 11.0. The number of carbonyl (C=O) groups is 2. The van der Waals surface area contributed by atoms with Gasteiger partial charge in [0.2, 0.25) is 0 Å². The Balaban J connectivity index is 1.90. The Kier molecular flexibility index (Phi) is 4.35. The lowest BCUT2D eigenvalue weighted by atomic mass is 9.86. The van der Waals surface area contributed by atoms with Gasteiger partial charge in [0.15, 0.2) is 0 Å². The normalized spacial score (nSPS) is 20.8. The highest BCUT2D eigenvalue weighted by Crippen LogP contribution is 2.36. The summed E-state index contributed by atoms with van der Waals surface area (Å²) in [7, 11) is 0. The van der Waals surface area contributed by atoms with Gasteiger partial charge in [-0.25, -0.2) is 4.79 Å². The number of pyridine rings is 1. The molecule has 0 unspecified atom stereocenters. The maximum absolute atomic E-state index is 13.1. The Bertz CT molecular complexity index is 582. The molecular weight excluding hydrogens is 292 g/mol. The van der Waals surface area contributed by atoms with E-state index in [-0.39, 0.29) is 18.5 Å². The molecule has 3 heterocycles. The molecule has 0 radical (unpaired) electrons. The zero-order chi connectivity index (χ0) is 16.4. The van der Waals surface area contributed by atoms with E-state index < -0.39 is 5.54 Å². The number of nitrogens with one attached hydrogen (secondary N) is 1. The van der Waals surface area contributed by atoms with Crippen molar-refractivity contribution in [3.8, 4) is 0 Å². The van der Waals surface area contributed by atoms with Crippen LogP contribution in [-0.4, -0.2) is 51.9 Å². The number of amides is 3. The summed E-state index contributed by atoms with van der Waals surface area (Å²) < 4.78 is 0. The summed E-state index contributed by atoms with van der Waals surface area (Å²) in [5.74, 6) is 0.267. The van der Waals surface area contributed by atoms with Crippen molar-refractivity contribution in [2.75, 3.05) is 19.6 Å². The van der Waals surface area contributed by atoms with Crippen LogP contribution in [0.25, 0.3) is 0 Å². The number of aromatic nitrogens is 1. The SMILES string of the molecule is CC(C)CN1C(=O)N(Cc2ccccn2)C(=O)C12CCNCC2. The van der Waals surface area contributed by atoms with E-state index in [4.69, 9.17) is 0 Å². The molecule has 0 bridgehead atoms. The molecule has 0 aromatic carbocycles. The fourth-order valence-electron chi connectivity index (χ4n) is 3.52. The molecule has 23 heavy (non-hydrogen) atoms. The Labute approximate surface area is 136 Å². The van der Waals surface area contributed by atoms with Gasteiger partial charge < -0.3 is 10.2 Å². The number of hydrogen-bond acceptors (Lipinski definition) is 4. The summed E-state index contributed by atoms with van der Waals surface area (Å²) in [4.78, 5) is 33.5. The number of nitrogens with zero attached hydrogens (tertiary/aromatic N) is 3. The van der Waals surface area contributed by atoms with Crippen LogP contribution < -0.4 is 5.32 Å². The van der Waals surface area contributed by atoms with Crippen molar-refractivity contribution >= 4 is 11.9 Å². The Morgan fingerprint density at radius 2 is 2.00 bits per heavy atom. The van der Waals surface area contributed by atoms with Crippen molar-refractivity contribution in [1.82, 2.24) is 20.1 Å². The highest BCUT2D eigenvalue weighted by Gasteiger charge is 2.57. The van der Waals surface area contributed by atoms with Gasteiger partial charge in [-0.2, -0.15) is 0 Å².